The Kier molecular flexibility index (Phi) is 3.85. The van der Waals surface area contributed by atoms with Gasteiger partial charge in [0.1, 0.15) is 18.0 Å². The average molecular weight is 359 g/mol. The Balaban J connectivity index is 1.48. The lowest BCUT2D eigenvalue weighted by atomic mass is 10.2. The van der Waals surface area contributed by atoms with Crippen molar-refractivity contribution in [2.45, 2.75) is 0 Å². The van der Waals surface area contributed by atoms with Crippen LogP contribution in [-0.2, 0) is 0 Å². The van der Waals surface area contributed by atoms with Gasteiger partial charge in [-0.15, -0.1) is 15.3 Å². The standard InChI is InChI=1S/C15H15ClN8O/c16-11-7-10(14(17)25)8-18-15(11)23-5-3-22(4-6-23)13-2-1-12-20-19-9-24(12)21-13/h1-2,7-9H,3-6H2,(H2,17,25). The molecular weight excluding hydrogens is 344 g/mol. The number of carbonyl (C=O) groups is 1. The molecule has 3 aromatic rings. The van der Waals surface area contributed by atoms with Gasteiger partial charge in [-0.25, -0.2) is 4.98 Å². The number of hydrogen-bond donors (Lipinski definition) is 1. The van der Waals surface area contributed by atoms with Crippen LogP contribution >= 0.6 is 11.6 Å². The summed E-state index contributed by atoms with van der Waals surface area (Å²) in [4.78, 5) is 19.8. The van der Waals surface area contributed by atoms with Crippen LogP contribution in [-0.4, -0.2) is 56.9 Å². The summed E-state index contributed by atoms with van der Waals surface area (Å²) in [5, 5.41) is 12.7. The van der Waals surface area contributed by atoms with E-state index < -0.39 is 5.91 Å². The molecule has 0 aliphatic carbocycles. The number of halogens is 1. The maximum absolute atomic E-state index is 11.2. The number of fused-ring (bicyclic) bond motifs is 1. The number of nitrogens with two attached hydrogens (primary N) is 1. The van der Waals surface area contributed by atoms with E-state index >= 15 is 0 Å². The van der Waals surface area contributed by atoms with Gasteiger partial charge in [0.05, 0.1) is 10.6 Å². The molecule has 1 fully saturated rings. The highest BCUT2D eigenvalue weighted by molar-refractivity contribution is 6.33. The SMILES string of the molecule is NC(=O)c1cnc(N2CCN(c3ccc4nncn4n3)CC2)c(Cl)c1. The van der Waals surface area contributed by atoms with E-state index in [0.29, 0.717) is 22.1 Å². The van der Waals surface area contributed by atoms with Crippen LogP contribution in [0, 0.1) is 0 Å². The summed E-state index contributed by atoms with van der Waals surface area (Å²) in [7, 11) is 0. The first-order valence-corrected chi connectivity index (χ1v) is 8.12. The van der Waals surface area contributed by atoms with Crippen LogP contribution in [0.5, 0.6) is 0 Å². The van der Waals surface area contributed by atoms with E-state index in [1.165, 1.54) is 6.20 Å². The second kappa shape index (κ2) is 6.17. The Morgan fingerprint density at radius 1 is 1.16 bits per heavy atom. The molecule has 25 heavy (non-hydrogen) atoms. The Hall–Kier alpha value is -2.94. The molecule has 0 spiro atoms. The first-order chi connectivity index (χ1) is 12.1. The molecule has 1 saturated heterocycles. The molecule has 1 amide bonds. The lowest BCUT2D eigenvalue weighted by Crippen LogP contribution is -2.47. The quantitative estimate of drug-likeness (QED) is 0.730. The van der Waals surface area contributed by atoms with Crippen molar-refractivity contribution in [3.63, 3.8) is 0 Å². The van der Waals surface area contributed by atoms with E-state index in [2.05, 4.69) is 30.1 Å². The monoisotopic (exact) mass is 358 g/mol. The van der Waals surface area contributed by atoms with E-state index in [4.69, 9.17) is 17.3 Å². The predicted octanol–water partition coefficient (Wildman–Crippen LogP) is 0.598. The van der Waals surface area contributed by atoms with Gasteiger partial charge in [0, 0.05) is 32.4 Å². The number of primary amides is 1. The zero-order chi connectivity index (χ0) is 17.4. The zero-order valence-electron chi connectivity index (χ0n) is 13.2. The molecule has 2 N–H and O–H groups in total. The Bertz CT molecular complexity index is 934. The molecule has 10 heteroatoms. The van der Waals surface area contributed by atoms with E-state index in [1.807, 2.05) is 12.1 Å². The van der Waals surface area contributed by atoms with Gasteiger partial charge in [-0.1, -0.05) is 11.6 Å². The van der Waals surface area contributed by atoms with Gasteiger partial charge in [-0.3, -0.25) is 4.79 Å². The van der Waals surface area contributed by atoms with Crippen molar-refractivity contribution in [1.29, 1.82) is 0 Å². The van der Waals surface area contributed by atoms with Crippen LogP contribution in [0.2, 0.25) is 5.02 Å². The van der Waals surface area contributed by atoms with Gasteiger partial charge < -0.3 is 15.5 Å². The fraction of sp³-hybridized carbons (Fsp3) is 0.267. The van der Waals surface area contributed by atoms with E-state index in [-0.39, 0.29) is 0 Å². The van der Waals surface area contributed by atoms with Crippen molar-refractivity contribution < 1.29 is 4.79 Å². The minimum atomic E-state index is -0.541. The summed E-state index contributed by atoms with van der Waals surface area (Å²) in [5.41, 5.74) is 6.27. The van der Waals surface area contributed by atoms with E-state index in [9.17, 15) is 4.79 Å². The first-order valence-electron chi connectivity index (χ1n) is 7.74. The van der Waals surface area contributed by atoms with Gasteiger partial charge in [-0.2, -0.15) is 4.52 Å². The fourth-order valence-electron chi connectivity index (χ4n) is 2.83. The third kappa shape index (κ3) is 2.93. The minimum absolute atomic E-state index is 0.304. The van der Waals surface area contributed by atoms with Gasteiger partial charge >= 0.3 is 0 Å². The van der Waals surface area contributed by atoms with Crippen molar-refractivity contribution in [3.05, 3.63) is 41.3 Å². The maximum Gasteiger partial charge on any atom is 0.250 e. The van der Waals surface area contributed by atoms with Crippen molar-refractivity contribution in [1.82, 2.24) is 24.8 Å². The number of pyridine rings is 1. The number of amides is 1. The molecule has 0 aromatic carbocycles. The number of anilines is 2. The van der Waals surface area contributed by atoms with Crippen LogP contribution in [0.15, 0.2) is 30.7 Å². The Labute approximate surface area is 148 Å². The summed E-state index contributed by atoms with van der Waals surface area (Å²) >= 11 is 6.26. The second-order valence-electron chi connectivity index (χ2n) is 5.69. The highest BCUT2D eigenvalue weighted by Gasteiger charge is 2.21. The molecule has 128 valence electrons. The molecule has 0 saturated carbocycles. The van der Waals surface area contributed by atoms with Crippen LogP contribution in [0.1, 0.15) is 10.4 Å². The molecule has 1 aliphatic rings. The van der Waals surface area contributed by atoms with Crippen molar-refractivity contribution in [2.24, 2.45) is 5.73 Å². The van der Waals surface area contributed by atoms with Gasteiger partial charge in [-0.05, 0) is 18.2 Å². The molecule has 9 nitrogen and oxygen atoms in total. The topological polar surface area (TPSA) is 106 Å². The fourth-order valence-corrected chi connectivity index (χ4v) is 3.12. The molecule has 0 bridgehead atoms. The third-order valence-electron chi connectivity index (χ3n) is 4.16. The van der Waals surface area contributed by atoms with Crippen LogP contribution in [0.4, 0.5) is 11.6 Å². The molecule has 4 heterocycles. The number of aromatic nitrogens is 5. The van der Waals surface area contributed by atoms with Crippen molar-refractivity contribution in [2.75, 3.05) is 36.0 Å². The Morgan fingerprint density at radius 2 is 1.92 bits per heavy atom. The highest BCUT2D eigenvalue weighted by atomic mass is 35.5. The van der Waals surface area contributed by atoms with Crippen molar-refractivity contribution in [3.8, 4) is 0 Å². The van der Waals surface area contributed by atoms with E-state index in [0.717, 1.165) is 32.0 Å². The number of nitrogens with zero attached hydrogens (tertiary/aromatic N) is 7. The third-order valence-corrected chi connectivity index (χ3v) is 4.44. The molecular formula is C15H15ClN8O. The van der Waals surface area contributed by atoms with Crippen LogP contribution < -0.4 is 15.5 Å². The maximum atomic E-state index is 11.2. The number of rotatable bonds is 3. The van der Waals surface area contributed by atoms with Gasteiger partial charge in [0.2, 0.25) is 5.91 Å². The second-order valence-corrected chi connectivity index (χ2v) is 6.10. The first kappa shape index (κ1) is 15.6. The predicted molar refractivity (Wildman–Crippen MR) is 93.0 cm³/mol. The summed E-state index contributed by atoms with van der Waals surface area (Å²) in [6.07, 6.45) is 3.04. The molecule has 0 atom stereocenters. The molecule has 0 radical (unpaired) electrons. The number of carbonyl (C=O) groups excluding carboxylic acids is 1. The normalized spacial score (nSPS) is 14.9. The zero-order valence-corrected chi connectivity index (χ0v) is 14.0. The highest BCUT2D eigenvalue weighted by Crippen LogP contribution is 2.26. The molecule has 3 aromatic heterocycles. The van der Waals surface area contributed by atoms with Gasteiger partial charge in [0.15, 0.2) is 5.65 Å². The van der Waals surface area contributed by atoms with Crippen LogP contribution in [0.25, 0.3) is 5.65 Å². The summed E-state index contributed by atoms with van der Waals surface area (Å²) in [5.74, 6) is 0.991. The molecule has 1 aliphatic heterocycles. The molecule has 4 rings (SSSR count). The lowest BCUT2D eigenvalue weighted by molar-refractivity contribution is 0.1000. The van der Waals surface area contributed by atoms with Crippen molar-refractivity contribution >= 4 is 34.8 Å². The Morgan fingerprint density at radius 3 is 2.64 bits per heavy atom. The smallest absolute Gasteiger partial charge is 0.250 e. The lowest BCUT2D eigenvalue weighted by Gasteiger charge is -2.36. The summed E-state index contributed by atoms with van der Waals surface area (Å²) < 4.78 is 1.66. The number of hydrogen-bond acceptors (Lipinski definition) is 7. The van der Waals surface area contributed by atoms with E-state index in [1.54, 1.807) is 16.9 Å². The molecule has 0 unspecified atom stereocenters. The average Bonchev–Trinajstić information content (AvgIpc) is 3.09. The van der Waals surface area contributed by atoms with Gasteiger partial charge in [0.25, 0.3) is 0 Å². The largest absolute Gasteiger partial charge is 0.366 e. The summed E-state index contributed by atoms with van der Waals surface area (Å²) in [6.45, 7) is 3.03. The minimum Gasteiger partial charge on any atom is -0.366 e. The summed E-state index contributed by atoms with van der Waals surface area (Å²) in [6, 6.07) is 5.38. The number of piperazine rings is 1. The van der Waals surface area contributed by atoms with Crippen LogP contribution in [0.3, 0.4) is 0 Å².